The number of para-hydroxylation sites is 1. The van der Waals surface area contributed by atoms with E-state index in [1.54, 1.807) is 9.80 Å². The van der Waals surface area contributed by atoms with Crippen LogP contribution < -0.4 is 5.32 Å². The summed E-state index contributed by atoms with van der Waals surface area (Å²) in [4.78, 5) is 39.8. The highest BCUT2D eigenvalue weighted by molar-refractivity contribution is 6.13. The summed E-state index contributed by atoms with van der Waals surface area (Å²) < 4.78 is 0. The van der Waals surface area contributed by atoms with Crippen molar-refractivity contribution in [2.24, 2.45) is 5.41 Å². The molecular formula is C18H23N3O3. The number of hydrogen-bond acceptors (Lipinski definition) is 3. The predicted octanol–water partition coefficient (Wildman–Crippen LogP) is 1.32. The van der Waals surface area contributed by atoms with Crippen LogP contribution in [0.5, 0.6) is 0 Å². The third-order valence-corrected chi connectivity index (χ3v) is 5.06. The van der Waals surface area contributed by atoms with E-state index in [1.807, 2.05) is 32.0 Å². The molecule has 1 saturated carbocycles. The Morgan fingerprint density at radius 3 is 2.17 bits per heavy atom. The summed E-state index contributed by atoms with van der Waals surface area (Å²) in [6.07, 6.45) is 2.00. The maximum atomic E-state index is 12.8. The number of aryl methyl sites for hydroxylation is 2. The molecule has 24 heavy (non-hydrogen) atoms. The molecule has 0 radical (unpaired) electrons. The third kappa shape index (κ3) is 2.88. The zero-order valence-electron chi connectivity index (χ0n) is 14.2. The fourth-order valence-electron chi connectivity index (χ4n) is 3.24. The van der Waals surface area contributed by atoms with Gasteiger partial charge in [-0.05, 0) is 37.8 Å². The number of amides is 3. The van der Waals surface area contributed by atoms with Crippen LogP contribution in [0.1, 0.15) is 24.0 Å². The number of rotatable bonds is 4. The number of hydrogen-bond donors (Lipinski definition) is 1. The molecule has 0 unspecified atom stereocenters. The molecule has 0 bridgehead atoms. The zero-order chi connectivity index (χ0) is 17.3. The highest BCUT2D eigenvalue weighted by atomic mass is 16.2. The first-order valence-electron chi connectivity index (χ1n) is 8.34. The van der Waals surface area contributed by atoms with Gasteiger partial charge in [-0.3, -0.25) is 14.4 Å². The van der Waals surface area contributed by atoms with Crippen LogP contribution in [0.15, 0.2) is 18.2 Å². The molecule has 3 amide bonds. The summed E-state index contributed by atoms with van der Waals surface area (Å²) in [5.41, 5.74) is 1.86. The third-order valence-electron chi connectivity index (χ3n) is 5.06. The Labute approximate surface area is 141 Å². The largest absolute Gasteiger partial charge is 0.342 e. The van der Waals surface area contributed by atoms with Crippen molar-refractivity contribution in [1.29, 1.82) is 0 Å². The van der Waals surface area contributed by atoms with Gasteiger partial charge in [-0.15, -0.1) is 0 Å². The second kappa shape index (κ2) is 6.26. The lowest BCUT2D eigenvalue weighted by Crippen LogP contribution is -2.52. The van der Waals surface area contributed by atoms with E-state index in [1.165, 1.54) is 0 Å². The van der Waals surface area contributed by atoms with Crippen molar-refractivity contribution >= 4 is 23.9 Å². The molecular weight excluding hydrogens is 306 g/mol. The Hall–Kier alpha value is -2.37. The van der Waals surface area contributed by atoms with Gasteiger partial charge < -0.3 is 15.1 Å². The quantitative estimate of drug-likeness (QED) is 0.669. The normalized spacial score (nSPS) is 18.9. The molecule has 1 aliphatic carbocycles. The first-order valence-corrected chi connectivity index (χ1v) is 8.34. The van der Waals surface area contributed by atoms with Gasteiger partial charge in [-0.25, -0.2) is 0 Å². The van der Waals surface area contributed by atoms with Crippen LogP contribution in [0.25, 0.3) is 0 Å². The van der Waals surface area contributed by atoms with E-state index in [0.717, 1.165) is 23.2 Å². The fraction of sp³-hybridized carbons (Fsp3) is 0.500. The first kappa shape index (κ1) is 16.5. The Kier molecular flexibility index (Phi) is 4.30. The van der Waals surface area contributed by atoms with E-state index in [4.69, 9.17) is 0 Å². The van der Waals surface area contributed by atoms with Crippen molar-refractivity contribution in [3.05, 3.63) is 29.3 Å². The number of carbonyl (C=O) groups is 3. The molecule has 6 heteroatoms. The minimum Gasteiger partial charge on any atom is -0.342 e. The molecule has 0 aromatic heterocycles. The molecule has 1 aromatic rings. The molecule has 1 N–H and O–H groups in total. The summed E-state index contributed by atoms with van der Waals surface area (Å²) >= 11 is 0. The summed E-state index contributed by atoms with van der Waals surface area (Å²) in [6.45, 7) is 5.95. The molecule has 128 valence electrons. The topological polar surface area (TPSA) is 69.7 Å². The lowest BCUT2D eigenvalue weighted by molar-refractivity contribution is -0.144. The Bertz CT molecular complexity index is 654. The van der Waals surface area contributed by atoms with E-state index >= 15 is 0 Å². The average Bonchev–Trinajstić information content (AvgIpc) is 3.39. The molecule has 1 aliphatic heterocycles. The maximum absolute atomic E-state index is 12.8. The Morgan fingerprint density at radius 2 is 1.67 bits per heavy atom. The molecule has 6 nitrogen and oxygen atoms in total. The lowest BCUT2D eigenvalue weighted by Gasteiger charge is -2.34. The van der Waals surface area contributed by atoms with Gasteiger partial charge in [0, 0.05) is 31.9 Å². The molecule has 1 heterocycles. The summed E-state index contributed by atoms with van der Waals surface area (Å²) in [6, 6.07) is 5.84. The number of carbonyl (C=O) groups excluding carboxylic acids is 3. The highest BCUT2D eigenvalue weighted by Gasteiger charge is 2.58. The molecule has 0 atom stereocenters. The van der Waals surface area contributed by atoms with E-state index in [2.05, 4.69) is 5.32 Å². The van der Waals surface area contributed by atoms with Gasteiger partial charge in [0.15, 0.2) is 0 Å². The Morgan fingerprint density at radius 1 is 1.08 bits per heavy atom. The predicted molar refractivity (Wildman–Crippen MR) is 90.4 cm³/mol. The standard InChI is InChI=1S/C18H23N3O3/c1-13-4-3-5-14(2)15(13)19-16(23)18(6-7-18)17(24)21-10-8-20(12-22)9-11-21/h3-5,12H,6-11H2,1-2H3,(H,19,23). The van der Waals surface area contributed by atoms with Crippen molar-refractivity contribution < 1.29 is 14.4 Å². The second-order valence-electron chi connectivity index (χ2n) is 6.74. The highest BCUT2D eigenvalue weighted by Crippen LogP contribution is 2.48. The molecule has 0 spiro atoms. The molecule has 2 fully saturated rings. The minimum absolute atomic E-state index is 0.100. The minimum atomic E-state index is -0.919. The van der Waals surface area contributed by atoms with Crippen LogP contribution in [-0.4, -0.2) is 54.2 Å². The first-order chi connectivity index (χ1) is 11.5. The van der Waals surface area contributed by atoms with Gasteiger partial charge in [-0.1, -0.05) is 18.2 Å². The maximum Gasteiger partial charge on any atom is 0.240 e. The second-order valence-corrected chi connectivity index (χ2v) is 6.74. The number of anilines is 1. The fourth-order valence-corrected chi connectivity index (χ4v) is 3.24. The molecule has 3 rings (SSSR count). The lowest BCUT2D eigenvalue weighted by atomic mass is 10.0. The smallest absolute Gasteiger partial charge is 0.240 e. The van der Waals surface area contributed by atoms with E-state index in [9.17, 15) is 14.4 Å². The molecule has 1 saturated heterocycles. The van der Waals surface area contributed by atoms with Gasteiger partial charge in [-0.2, -0.15) is 0 Å². The van der Waals surface area contributed by atoms with Crippen molar-refractivity contribution in [3.63, 3.8) is 0 Å². The van der Waals surface area contributed by atoms with Crippen LogP contribution in [0.3, 0.4) is 0 Å². The summed E-state index contributed by atoms with van der Waals surface area (Å²) in [7, 11) is 0. The number of benzene rings is 1. The van der Waals surface area contributed by atoms with Crippen molar-refractivity contribution in [1.82, 2.24) is 9.80 Å². The van der Waals surface area contributed by atoms with Gasteiger partial charge in [0.05, 0.1) is 0 Å². The van der Waals surface area contributed by atoms with Crippen LogP contribution in [0.4, 0.5) is 5.69 Å². The molecule has 2 aliphatic rings. The van der Waals surface area contributed by atoms with E-state index in [-0.39, 0.29) is 11.8 Å². The van der Waals surface area contributed by atoms with Gasteiger partial charge in [0.1, 0.15) is 5.41 Å². The van der Waals surface area contributed by atoms with E-state index in [0.29, 0.717) is 39.0 Å². The summed E-state index contributed by atoms with van der Waals surface area (Å²) in [5, 5.41) is 2.97. The van der Waals surface area contributed by atoms with Crippen LogP contribution in [0.2, 0.25) is 0 Å². The van der Waals surface area contributed by atoms with Crippen LogP contribution in [0, 0.1) is 19.3 Å². The SMILES string of the molecule is Cc1cccc(C)c1NC(=O)C1(C(=O)N2CCN(C=O)CC2)CC1. The van der Waals surface area contributed by atoms with E-state index < -0.39 is 5.41 Å². The van der Waals surface area contributed by atoms with Crippen molar-refractivity contribution in [2.45, 2.75) is 26.7 Å². The number of piperazine rings is 1. The molecule has 1 aromatic carbocycles. The van der Waals surface area contributed by atoms with Crippen LogP contribution >= 0.6 is 0 Å². The monoisotopic (exact) mass is 329 g/mol. The summed E-state index contributed by atoms with van der Waals surface area (Å²) in [5.74, 6) is -0.306. The van der Waals surface area contributed by atoms with Crippen molar-refractivity contribution in [2.75, 3.05) is 31.5 Å². The van der Waals surface area contributed by atoms with Crippen LogP contribution in [-0.2, 0) is 14.4 Å². The van der Waals surface area contributed by atoms with Crippen molar-refractivity contribution in [3.8, 4) is 0 Å². The van der Waals surface area contributed by atoms with Gasteiger partial charge in [0.2, 0.25) is 18.2 Å². The number of nitrogens with one attached hydrogen (secondary N) is 1. The zero-order valence-corrected chi connectivity index (χ0v) is 14.2. The average molecular weight is 329 g/mol. The Balaban J connectivity index is 1.70. The van der Waals surface area contributed by atoms with Gasteiger partial charge in [0.25, 0.3) is 0 Å². The number of nitrogens with zero attached hydrogens (tertiary/aromatic N) is 2. The van der Waals surface area contributed by atoms with Gasteiger partial charge >= 0.3 is 0 Å².